The molecule has 0 unspecified atom stereocenters. The van der Waals surface area contributed by atoms with E-state index in [0.29, 0.717) is 9.78 Å². The summed E-state index contributed by atoms with van der Waals surface area (Å²) in [5.41, 5.74) is 0. The first-order valence-corrected chi connectivity index (χ1v) is 15.7. The molecule has 0 radical (unpaired) electrons. The van der Waals surface area contributed by atoms with Crippen molar-refractivity contribution in [2.45, 2.75) is 5.21 Å². The van der Waals surface area contributed by atoms with Crippen LogP contribution in [0.5, 0.6) is 0 Å². The first kappa shape index (κ1) is 20.0. The van der Waals surface area contributed by atoms with Gasteiger partial charge in [-0.25, -0.2) is 0 Å². The third-order valence-corrected chi connectivity index (χ3v) is 15.8. The van der Waals surface area contributed by atoms with Crippen LogP contribution < -0.4 is 17.4 Å². The van der Waals surface area contributed by atoms with Crippen LogP contribution in [0.3, 0.4) is 0 Å². The zero-order chi connectivity index (χ0) is 19.9. The summed E-state index contributed by atoms with van der Waals surface area (Å²) in [4.78, 5) is 13.8. The molecular formula is C26H22As2O. The van der Waals surface area contributed by atoms with Crippen LogP contribution in [-0.2, 0) is 4.79 Å². The zero-order valence-corrected chi connectivity index (χ0v) is 19.8. The van der Waals surface area contributed by atoms with Crippen molar-refractivity contribution < 1.29 is 4.79 Å². The van der Waals surface area contributed by atoms with E-state index in [4.69, 9.17) is 0 Å². The normalized spacial score (nSPS) is 11.0. The minimum atomic E-state index is -2.04. The molecule has 0 N–H and O–H groups in total. The van der Waals surface area contributed by atoms with Crippen LogP contribution in [0.4, 0.5) is 0 Å². The summed E-state index contributed by atoms with van der Waals surface area (Å²) in [5, 5.41) is 0.671. The van der Waals surface area contributed by atoms with Gasteiger partial charge in [-0.1, -0.05) is 0 Å². The molecule has 29 heavy (non-hydrogen) atoms. The minimum absolute atomic E-state index is 0.447. The van der Waals surface area contributed by atoms with E-state index < -0.39 is 29.3 Å². The molecule has 3 heteroatoms. The standard InChI is InChI=1S/C26H22As2O/c29-26(28(24-17-9-3-10-18-24)25-19-11-4-12-20-25)21-27(22-13-5-1-6-14-22)23-15-7-2-8-16-23/h1-20H,21H2. The summed E-state index contributed by atoms with van der Waals surface area (Å²) < 4.78 is 5.56. The van der Waals surface area contributed by atoms with Crippen LogP contribution in [-0.4, -0.2) is 33.9 Å². The molecule has 0 spiro atoms. The summed E-state index contributed by atoms with van der Waals surface area (Å²) in [7, 11) is 0. The maximum absolute atomic E-state index is 13.8. The van der Waals surface area contributed by atoms with E-state index >= 15 is 0 Å². The van der Waals surface area contributed by atoms with E-state index in [1.807, 2.05) is 12.1 Å². The molecule has 142 valence electrons. The molecule has 0 fully saturated rings. The van der Waals surface area contributed by atoms with Crippen molar-refractivity contribution >= 4 is 51.3 Å². The average Bonchev–Trinajstić information content (AvgIpc) is 2.80. The van der Waals surface area contributed by atoms with E-state index in [1.54, 1.807) is 0 Å². The fourth-order valence-corrected chi connectivity index (χ4v) is 14.7. The van der Waals surface area contributed by atoms with Gasteiger partial charge in [0, 0.05) is 0 Å². The third kappa shape index (κ3) is 4.99. The van der Waals surface area contributed by atoms with Crippen molar-refractivity contribution in [2.24, 2.45) is 0 Å². The van der Waals surface area contributed by atoms with Crippen molar-refractivity contribution in [1.29, 1.82) is 0 Å². The Bertz CT molecular complexity index is 956. The van der Waals surface area contributed by atoms with Crippen molar-refractivity contribution in [1.82, 2.24) is 0 Å². The molecule has 0 aliphatic rings. The van der Waals surface area contributed by atoms with Crippen molar-refractivity contribution in [2.75, 3.05) is 0 Å². The van der Waals surface area contributed by atoms with Gasteiger partial charge in [-0.3, -0.25) is 0 Å². The van der Waals surface area contributed by atoms with E-state index in [2.05, 4.69) is 109 Å². The molecule has 0 aliphatic carbocycles. The molecule has 0 bridgehead atoms. The van der Waals surface area contributed by atoms with Gasteiger partial charge in [-0.05, 0) is 0 Å². The second-order valence-electron chi connectivity index (χ2n) is 6.66. The zero-order valence-electron chi connectivity index (χ0n) is 16.1. The van der Waals surface area contributed by atoms with Crippen LogP contribution in [0.15, 0.2) is 121 Å². The Hall–Kier alpha value is -2.33. The molecule has 0 saturated heterocycles. The van der Waals surface area contributed by atoms with E-state index in [-0.39, 0.29) is 0 Å². The predicted molar refractivity (Wildman–Crippen MR) is 126 cm³/mol. The van der Waals surface area contributed by atoms with Crippen LogP contribution in [0.1, 0.15) is 0 Å². The molecule has 1 nitrogen and oxygen atoms in total. The van der Waals surface area contributed by atoms with Gasteiger partial charge in [0.25, 0.3) is 0 Å². The molecule has 0 aromatic heterocycles. The van der Waals surface area contributed by atoms with Gasteiger partial charge >= 0.3 is 183 Å². The number of carbonyl (C=O) groups is 1. The second-order valence-corrected chi connectivity index (χ2v) is 15.9. The molecule has 0 aliphatic heterocycles. The first-order valence-electron chi connectivity index (χ1n) is 9.63. The predicted octanol–water partition coefficient (Wildman–Crippen LogP) is 2.71. The van der Waals surface area contributed by atoms with Gasteiger partial charge in [0.15, 0.2) is 0 Å². The monoisotopic (exact) mass is 500 g/mol. The van der Waals surface area contributed by atoms with Crippen LogP contribution in [0.2, 0.25) is 5.21 Å². The number of carbonyl (C=O) groups excluding carboxylic acids is 1. The SMILES string of the molecule is O=C(C[As](c1ccccc1)c1ccccc1)[As](c1ccccc1)c1ccccc1. The topological polar surface area (TPSA) is 17.1 Å². The van der Waals surface area contributed by atoms with Gasteiger partial charge in [0.1, 0.15) is 0 Å². The van der Waals surface area contributed by atoms with Gasteiger partial charge in [0.2, 0.25) is 0 Å². The first-order chi connectivity index (χ1) is 14.3. The summed E-state index contributed by atoms with van der Waals surface area (Å²) in [6.45, 7) is 0. The summed E-state index contributed by atoms with van der Waals surface area (Å²) >= 11 is -3.75. The van der Waals surface area contributed by atoms with Gasteiger partial charge in [0.05, 0.1) is 0 Å². The Morgan fingerprint density at radius 2 is 0.793 bits per heavy atom. The quantitative estimate of drug-likeness (QED) is 0.357. The van der Waals surface area contributed by atoms with Crippen LogP contribution in [0, 0.1) is 0 Å². The fourth-order valence-electron chi connectivity index (χ4n) is 3.34. The van der Waals surface area contributed by atoms with Crippen molar-refractivity contribution in [3.05, 3.63) is 121 Å². The fraction of sp³-hybridized carbons (Fsp3) is 0.0385. The number of hydrogen-bond donors (Lipinski definition) is 0. The Kier molecular flexibility index (Phi) is 6.83. The third-order valence-electron chi connectivity index (χ3n) is 4.71. The Morgan fingerprint density at radius 1 is 0.483 bits per heavy atom. The van der Waals surface area contributed by atoms with E-state index in [9.17, 15) is 4.79 Å². The molecule has 0 amide bonds. The summed E-state index contributed by atoms with van der Waals surface area (Å²) in [5.74, 6) is 0. The molecule has 4 aromatic rings. The summed E-state index contributed by atoms with van der Waals surface area (Å²) in [6.07, 6.45) is 0. The van der Waals surface area contributed by atoms with Gasteiger partial charge in [-0.15, -0.1) is 0 Å². The molecule has 4 rings (SSSR count). The number of hydrogen-bond acceptors (Lipinski definition) is 1. The van der Waals surface area contributed by atoms with Crippen molar-refractivity contribution in [3.8, 4) is 0 Å². The molecule has 4 aromatic carbocycles. The Labute approximate surface area is 181 Å². The van der Waals surface area contributed by atoms with Crippen LogP contribution in [0.25, 0.3) is 0 Å². The van der Waals surface area contributed by atoms with E-state index in [1.165, 1.54) is 17.4 Å². The molecular weight excluding hydrogens is 478 g/mol. The Morgan fingerprint density at radius 3 is 1.14 bits per heavy atom. The van der Waals surface area contributed by atoms with Gasteiger partial charge in [-0.2, -0.15) is 0 Å². The molecule has 0 atom stereocenters. The summed E-state index contributed by atoms with van der Waals surface area (Å²) in [6, 6.07) is 42.0. The number of rotatable bonds is 7. The van der Waals surface area contributed by atoms with Gasteiger partial charge < -0.3 is 0 Å². The molecule has 0 heterocycles. The van der Waals surface area contributed by atoms with Crippen molar-refractivity contribution in [3.63, 3.8) is 0 Å². The number of benzene rings is 4. The van der Waals surface area contributed by atoms with Crippen LogP contribution >= 0.6 is 0 Å². The maximum atomic E-state index is 13.8. The van der Waals surface area contributed by atoms with E-state index in [0.717, 1.165) is 0 Å². The second kappa shape index (κ2) is 9.93. The molecule has 0 saturated carbocycles. The Balaban J connectivity index is 1.71. The average molecular weight is 500 g/mol.